The molecule has 0 amide bonds. The Morgan fingerprint density at radius 2 is 1.76 bits per heavy atom. The van der Waals surface area contributed by atoms with E-state index in [9.17, 15) is 21.6 Å². The number of hydrogen-bond donors (Lipinski definition) is 1. The van der Waals surface area contributed by atoms with E-state index in [2.05, 4.69) is 6.66 Å². The Morgan fingerprint density at radius 1 is 1.24 bits per heavy atom. The third-order valence-corrected chi connectivity index (χ3v) is 9.54. The van der Waals surface area contributed by atoms with Crippen molar-refractivity contribution in [3.05, 3.63) is 0 Å². The zero-order valence-electron chi connectivity index (χ0n) is 9.81. The predicted molar refractivity (Wildman–Crippen MR) is 65.9 cm³/mol. The standard InChI is InChI=1S/C9H19F3NO2PS/c1-16(4-2-3-5-16)6-7-17(14,15)13-8-9(10,11)12/h13,16H,2-8H2,1H3. The molecule has 0 bridgehead atoms. The molecule has 1 aliphatic rings. The van der Waals surface area contributed by atoms with Crippen LogP contribution in [0.1, 0.15) is 12.8 Å². The van der Waals surface area contributed by atoms with Crippen molar-refractivity contribution in [3.8, 4) is 0 Å². The number of halogens is 3. The van der Waals surface area contributed by atoms with E-state index in [1.54, 1.807) is 4.72 Å². The van der Waals surface area contributed by atoms with Crippen LogP contribution >= 0.6 is 7.26 Å². The van der Waals surface area contributed by atoms with Crippen molar-refractivity contribution in [1.29, 1.82) is 0 Å². The van der Waals surface area contributed by atoms with Crippen LogP contribution in [0.2, 0.25) is 0 Å². The van der Waals surface area contributed by atoms with Crippen LogP contribution in [0.15, 0.2) is 0 Å². The third kappa shape index (κ3) is 6.02. The summed E-state index contributed by atoms with van der Waals surface area (Å²) in [6, 6.07) is 0. The van der Waals surface area contributed by atoms with Gasteiger partial charge in [0.05, 0.1) is 0 Å². The average Bonchev–Trinajstić information content (AvgIpc) is 2.60. The number of rotatable bonds is 5. The molecule has 0 aliphatic carbocycles. The number of alkyl halides is 3. The van der Waals surface area contributed by atoms with Gasteiger partial charge in [-0.05, 0) is 0 Å². The van der Waals surface area contributed by atoms with Crippen molar-refractivity contribution in [3.63, 3.8) is 0 Å². The number of sulfonamides is 1. The summed E-state index contributed by atoms with van der Waals surface area (Å²) in [6.07, 6.45) is 0.559. The molecule has 1 N–H and O–H groups in total. The SMILES string of the molecule is C[PH]1(CCS(=O)(=O)NCC(F)(F)F)CCCC1. The molecule has 1 fully saturated rings. The topological polar surface area (TPSA) is 46.2 Å². The summed E-state index contributed by atoms with van der Waals surface area (Å²) in [5.74, 6) is -0.161. The Hall–Kier alpha value is 0.130. The van der Waals surface area contributed by atoms with Gasteiger partial charge in [-0.1, -0.05) is 0 Å². The molecule has 1 heterocycles. The summed E-state index contributed by atoms with van der Waals surface area (Å²) in [5.41, 5.74) is 0. The van der Waals surface area contributed by atoms with Crippen LogP contribution in [0.5, 0.6) is 0 Å². The molecule has 8 heteroatoms. The second-order valence-corrected chi connectivity index (χ2v) is 12.1. The quantitative estimate of drug-likeness (QED) is 0.783. The van der Waals surface area contributed by atoms with Gasteiger partial charge >= 0.3 is 100 Å². The summed E-state index contributed by atoms with van der Waals surface area (Å²) in [6.45, 7) is 0.673. The molecule has 1 rings (SSSR count). The molecule has 0 atom stereocenters. The minimum atomic E-state index is -4.48. The Balaban J connectivity index is 2.39. The van der Waals surface area contributed by atoms with Crippen molar-refractivity contribution < 1.29 is 21.6 Å². The Bertz CT molecular complexity index is 350. The zero-order chi connectivity index (χ0) is 13.2. The van der Waals surface area contributed by atoms with E-state index in [-0.39, 0.29) is 5.75 Å². The van der Waals surface area contributed by atoms with Crippen molar-refractivity contribution in [2.75, 3.05) is 37.4 Å². The molecule has 3 nitrogen and oxygen atoms in total. The maximum absolute atomic E-state index is 11.9. The Kier molecular flexibility index (Phi) is 4.83. The van der Waals surface area contributed by atoms with E-state index in [4.69, 9.17) is 0 Å². The predicted octanol–water partition coefficient (Wildman–Crippen LogP) is 1.64. The Labute approximate surface area is 101 Å². The van der Waals surface area contributed by atoms with Gasteiger partial charge in [0.1, 0.15) is 0 Å². The fraction of sp³-hybridized carbons (Fsp3) is 1.00. The molecular weight excluding hydrogens is 274 g/mol. The zero-order valence-corrected chi connectivity index (χ0v) is 11.6. The number of hydrogen-bond acceptors (Lipinski definition) is 2. The molecule has 0 aromatic carbocycles. The van der Waals surface area contributed by atoms with Crippen LogP contribution in [-0.2, 0) is 10.0 Å². The summed E-state index contributed by atoms with van der Waals surface area (Å²) in [4.78, 5) is 0. The van der Waals surface area contributed by atoms with Gasteiger partial charge in [-0.3, -0.25) is 0 Å². The van der Waals surface area contributed by atoms with Crippen LogP contribution in [0.4, 0.5) is 13.2 Å². The molecule has 1 saturated heterocycles. The van der Waals surface area contributed by atoms with Crippen molar-refractivity contribution in [2.24, 2.45) is 0 Å². The number of nitrogens with one attached hydrogen (secondary N) is 1. The maximum atomic E-state index is 11.9. The summed E-state index contributed by atoms with van der Waals surface area (Å²) in [7, 11) is -5.25. The first-order chi connectivity index (χ1) is 7.62. The molecule has 1 aliphatic heterocycles. The third-order valence-electron chi connectivity index (χ3n) is 3.28. The van der Waals surface area contributed by atoms with Gasteiger partial charge < -0.3 is 0 Å². The minimum absolute atomic E-state index is 0.161. The molecule has 0 spiro atoms. The molecule has 0 aromatic rings. The molecule has 104 valence electrons. The van der Waals surface area contributed by atoms with Gasteiger partial charge in [-0.25, -0.2) is 0 Å². The first-order valence-corrected chi connectivity index (χ1v) is 10.4. The molecule has 0 unspecified atom stereocenters. The van der Waals surface area contributed by atoms with E-state index in [0.717, 1.165) is 25.2 Å². The summed E-state index contributed by atoms with van der Waals surface area (Å²) >= 11 is 0. The fourth-order valence-corrected chi connectivity index (χ4v) is 8.65. The summed E-state index contributed by atoms with van der Waals surface area (Å²) in [5, 5.41) is 0. The monoisotopic (exact) mass is 293 g/mol. The Morgan fingerprint density at radius 3 is 2.24 bits per heavy atom. The van der Waals surface area contributed by atoms with Gasteiger partial charge in [0.2, 0.25) is 0 Å². The molecule has 17 heavy (non-hydrogen) atoms. The van der Waals surface area contributed by atoms with Gasteiger partial charge in [0.15, 0.2) is 0 Å². The van der Waals surface area contributed by atoms with Gasteiger partial charge in [-0.15, -0.1) is 0 Å². The molecule has 0 saturated carbocycles. The van der Waals surface area contributed by atoms with Crippen LogP contribution < -0.4 is 4.72 Å². The van der Waals surface area contributed by atoms with Crippen molar-refractivity contribution >= 4 is 17.3 Å². The van der Waals surface area contributed by atoms with Crippen LogP contribution in [0.3, 0.4) is 0 Å². The second kappa shape index (κ2) is 5.41. The van der Waals surface area contributed by atoms with E-state index in [1.165, 1.54) is 0 Å². The van der Waals surface area contributed by atoms with E-state index >= 15 is 0 Å². The van der Waals surface area contributed by atoms with E-state index in [1.807, 2.05) is 0 Å². The first kappa shape index (κ1) is 15.2. The van der Waals surface area contributed by atoms with Gasteiger partial charge in [-0.2, -0.15) is 0 Å². The van der Waals surface area contributed by atoms with Crippen LogP contribution in [0, 0.1) is 0 Å². The normalized spacial score (nSPS) is 22.6. The van der Waals surface area contributed by atoms with Crippen molar-refractivity contribution in [1.82, 2.24) is 4.72 Å². The molecule has 0 aromatic heterocycles. The molecular formula is C9H19F3NO2PS. The van der Waals surface area contributed by atoms with E-state index in [0.29, 0.717) is 6.16 Å². The van der Waals surface area contributed by atoms with Crippen LogP contribution in [0.25, 0.3) is 0 Å². The van der Waals surface area contributed by atoms with Gasteiger partial charge in [0, 0.05) is 0 Å². The summed E-state index contributed by atoms with van der Waals surface area (Å²) < 4.78 is 60.0. The average molecular weight is 293 g/mol. The van der Waals surface area contributed by atoms with E-state index < -0.39 is 30.0 Å². The van der Waals surface area contributed by atoms with Gasteiger partial charge in [0.25, 0.3) is 0 Å². The second-order valence-electron chi connectivity index (χ2n) is 5.02. The fourth-order valence-electron chi connectivity index (χ4n) is 2.12. The first-order valence-electron chi connectivity index (χ1n) is 5.66. The van der Waals surface area contributed by atoms with Crippen LogP contribution in [-0.4, -0.2) is 52.0 Å². The molecule has 0 radical (unpaired) electrons. The van der Waals surface area contributed by atoms with Crippen molar-refractivity contribution in [2.45, 2.75) is 19.0 Å².